The van der Waals surface area contributed by atoms with Crippen LogP contribution in [-0.2, 0) is 19.6 Å². The van der Waals surface area contributed by atoms with E-state index in [4.69, 9.17) is 21.6 Å². The Morgan fingerprint density at radius 1 is 1.16 bits per heavy atom. The largest absolute Gasteiger partial charge is 0.452 e. The lowest BCUT2D eigenvalue weighted by molar-refractivity contribution is -0.121. The smallest absolute Gasteiger partial charge is 0.340 e. The molecule has 1 N–H and O–H groups in total. The predicted octanol–water partition coefficient (Wildman–Crippen LogP) is 2.97. The topological polar surface area (TPSA) is 117 Å². The zero-order valence-electron chi connectivity index (χ0n) is 17.3. The average Bonchev–Trinajstić information content (AvgIpc) is 2.71. The van der Waals surface area contributed by atoms with Gasteiger partial charge in [0.15, 0.2) is 6.61 Å². The molecule has 0 spiro atoms. The second-order valence-corrected chi connectivity index (χ2v) is 9.02. The molecule has 0 aliphatic carbocycles. The van der Waals surface area contributed by atoms with Gasteiger partial charge < -0.3 is 9.64 Å². The molecule has 2 aromatic carbocycles. The number of anilines is 1. The van der Waals surface area contributed by atoms with E-state index in [-0.39, 0.29) is 28.4 Å². The normalized spacial score (nSPS) is 10.9. The van der Waals surface area contributed by atoms with Gasteiger partial charge in [-0.3, -0.25) is 4.79 Å². The number of nitriles is 1. The Labute approximate surface area is 186 Å². The second-order valence-electron chi connectivity index (χ2n) is 6.72. The number of esters is 1. The van der Waals surface area contributed by atoms with E-state index in [0.717, 1.165) is 17.2 Å². The van der Waals surface area contributed by atoms with Crippen molar-refractivity contribution >= 4 is 39.2 Å². The SMILES string of the molecule is CNS(=O)(=O)c1ccc(Cl)c(C(=O)OCC(=O)N(CCC#N)c2cc(C)cc(C)c2)c1. The van der Waals surface area contributed by atoms with Crippen molar-refractivity contribution in [3.63, 3.8) is 0 Å². The van der Waals surface area contributed by atoms with Crippen LogP contribution in [0.25, 0.3) is 0 Å². The molecule has 0 atom stereocenters. The number of amides is 1. The molecule has 0 fully saturated rings. The Hall–Kier alpha value is -2.93. The van der Waals surface area contributed by atoms with E-state index < -0.39 is 28.5 Å². The number of benzene rings is 2. The van der Waals surface area contributed by atoms with Crippen LogP contribution in [0.15, 0.2) is 41.3 Å². The minimum Gasteiger partial charge on any atom is -0.452 e. The Morgan fingerprint density at radius 3 is 2.39 bits per heavy atom. The number of aryl methyl sites for hydroxylation is 2. The molecule has 0 saturated heterocycles. The van der Waals surface area contributed by atoms with E-state index in [2.05, 4.69) is 4.72 Å². The van der Waals surface area contributed by atoms with Crippen LogP contribution in [0, 0.1) is 25.2 Å². The van der Waals surface area contributed by atoms with Crippen molar-refractivity contribution in [1.29, 1.82) is 5.26 Å². The number of hydrogen-bond acceptors (Lipinski definition) is 6. The fourth-order valence-corrected chi connectivity index (χ4v) is 3.85. The van der Waals surface area contributed by atoms with Gasteiger partial charge in [-0.2, -0.15) is 5.26 Å². The summed E-state index contributed by atoms with van der Waals surface area (Å²) in [7, 11) is -2.55. The van der Waals surface area contributed by atoms with Gasteiger partial charge in [0, 0.05) is 12.2 Å². The third kappa shape index (κ3) is 6.28. The van der Waals surface area contributed by atoms with Crippen molar-refractivity contribution < 1.29 is 22.7 Å². The van der Waals surface area contributed by atoms with Gasteiger partial charge in [-0.15, -0.1) is 0 Å². The van der Waals surface area contributed by atoms with Crippen LogP contribution < -0.4 is 9.62 Å². The van der Waals surface area contributed by atoms with E-state index in [1.807, 2.05) is 26.0 Å². The summed E-state index contributed by atoms with van der Waals surface area (Å²) in [6.45, 7) is 3.30. The first-order valence-electron chi connectivity index (χ1n) is 9.25. The first-order valence-corrected chi connectivity index (χ1v) is 11.1. The highest BCUT2D eigenvalue weighted by Crippen LogP contribution is 2.22. The second kappa shape index (κ2) is 10.4. The van der Waals surface area contributed by atoms with Crippen LogP contribution in [0.3, 0.4) is 0 Å². The van der Waals surface area contributed by atoms with Crippen LogP contribution in [0.2, 0.25) is 5.02 Å². The third-order valence-electron chi connectivity index (χ3n) is 4.33. The van der Waals surface area contributed by atoms with Crippen molar-refractivity contribution in [2.45, 2.75) is 25.2 Å². The van der Waals surface area contributed by atoms with Crippen LogP contribution in [0.1, 0.15) is 27.9 Å². The van der Waals surface area contributed by atoms with Crippen LogP contribution in [-0.4, -0.2) is 40.5 Å². The number of ether oxygens (including phenoxy) is 1. The molecule has 0 bridgehead atoms. The quantitative estimate of drug-likeness (QED) is 0.601. The molecule has 0 unspecified atom stereocenters. The summed E-state index contributed by atoms with van der Waals surface area (Å²) >= 11 is 6.01. The summed E-state index contributed by atoms with van der Waals surface area (Å²) in [5, 5.41) is 8.91. The first-order chi connectivity index (χ1) is 14.6. The molecule has 164 valence electrons. The lowest BCUT2D eigenvalue weighted by atomic mass is 10.1. The van der Waals surface area contributed by atoms with Crippen molar-refractivity contribution in [3.05, 3.63) is 58.1 Å². The Kier molecular flexibility index (Phi) is 8.16. The van der Waals surface area contributed by atoms with E-state index in [1.165, 1.54) is 24.1 Å². The highest BCUT2D eigenvalue weighted by atomic mass is 35.5. The number of carbonyl (C=O) groups excluding carboxylic acids is 2. The highest BCUT2D eigenvalue weighted by molar-refractivity contribution is 7.89. The Bertz CT molecular complexity index is 1120. The van der Waals surface area contributed by atoms with Gasteiger partial charge in [0.1, 0.15) is 0 Å². The Balaban J connectivity index is 2.21. The minimum absolute atomic E-state index is 0.0110. The summed E-state index contributed by atoms with van der Waals surface area (Å²) in [4.78, 5) is 26.5. The predicted molar refractivity (Wildman–Crippen MR) is 116 cm³/mol. The number of nitrogens with one attached hydrogen (secondary N) is 1. The molecular weight excluding hydrogens is 442 g/mol. The van der Waals surface area contributed by atoms with E-state index >= 15 is 0 Å². The summed E-state index contributed by atoms with van der Waals surface area (Å²) < 4.78 is 31.2. The van der Waals surface area contributed by atoms with Gasteiger partial charge in [-0.1, -0.05) is 17.7 Å². The summed E-state index contributed by atoms with van der Waals surface area (Å²) in [5.41, 5.74) is 2.29. The van der Waals surface area contributed by atoms with E-state index in [1.54, 1.807) is 12.1 Å². The third-order valence-corrected chi connectivity index (χ3v) is 6.07. The standard InChI is InChI=1S/C21H22ClN3O5S/c1-14-9-15(2)11-16(10-14)25(8-4-7-23)20(26)13-30-21(27)18-12-17(5-6-19(18)22)31(28,29)24-3/h5-6,9-12,24H,4,8,13H2,1-3H3. The van der Waals surface area contributed by atoms with Crippen LogP contribution >= 0.6 is 11.6 Å². The molecule has 31 heavy (non-hydrogen) atoms. The molecule has 0 radical (unpaired) electrons. The highest BCUT2D eigenvalue weighted by Gasteiger charge is 2.22. The monoisotopic (exact) mass is 463 g/mol. The summed E-state index contributed by atoms with van der Waals surface area (Å²) in [6.07, 6.45) is 0.0996. The molecular formula is C21H22ClN3O5S. The molecule has 2 aromatic rings. The van der Waals surface area contributed by atoms with Gasteiger partial charge in [-0.05, 0) is 62.4 Å². The lowest BCUT2D eigenvalue weighted by Crippen LogP contribution is -2.35. The van der Waals surface area contributed by atoms with E-state index in [0.29, 0.717) is 5.69 Å². The zero-order chi connectivity index (χ0) is 23.2. The average molecular weight is 464 g/mol. The van der Waals surface area contributed by atoms with Crippen LogP contribution in [0.4, 0.5) is 5.69 Å². The number of rotatable bonds is 8. The number of hydrogen-bond donors (Lipinski definition) is 1. The number of carbonyl (C=O) groups is 2. The zero-order valence-corrected chi connectivity index (χ0v) is 18.9. The molecule has 8 nitrogen and oxygen atoms in total. The number of sulfonamides is 1. The fraction of sp³-hybridized carbons (Fsp3) is 0.286. The van der Waals surface area contributed by atoms with Crippen molar-refractivity contribution in [1.82, 2.24) is 4.72 Å². The molecule has 2 rings (SSSR count). The van der Waals surface area contributed by atoms with Gasteiger partial charge in [0.05, 0.1) is 28.0 Å². The summed E-state index contributed by atoms with van der Waals surface area (Å²) in [6, 6.07) is 11.1. The molecule has 0 aliphatic rings. The molecule has 0 aromatic heterocycles. The molecule has 0 saturated carbocycles. The van der Waals surface area contributed by atoms with Gasteiger partial charge in [0.2, 0.25) is 10.0 Å². The maximum atomic E-state index is 12.8. The first kappa shape index (κ1) is 24.3. The van der Waals surface area contributed by atoms with Crippen molar-refractivity contribution in [2.75, 3.05) is 25.1 Å². The molecule has 10 heteroatoms. The van der Waals surface area contributed by atoms with Crippen LogP contribution in [0.5, 0.6) is 0 Å². The van der Waals surface area contributed by atoms with Crippen molar-refractivity contribution in [3.8, 4) is 6.07 Å². The van der Waals surface area contributed by atoms with Crippen molar-refractivity contribution in [2.24, 2.45) is 0 Å². The summed E-state index contributed by atoms with van der Waals surface area (Å²) in [5.74, 6) is -1.46. The molecule has 0 aliphatic heterocycles. The number of halogens is 1. The fourth-order valence-electron chi connectivity index (χ4n) is 2.89. The molecule has 0 heterocycles. The lowest BCUT2D eigenvalue weighted by Gasteiger charge is -2.22. The van der Waals surface area contributed by atoms with Gasteiger partial charge in [0.25, 0.3) is 5.91 Å². The maximum Gasteiger partial charge on any atom is 0.340 e. The number of nitrogens with zero attached hydrogens (tertiary/aromatic N) is 2. The van der Waals surface area contributed by atoms with Gasteiger partial charge in [-0.25, -0.2) is 17.9 Å². The van der Waals surface area contributed by atoms with E-state index in [9.17, 15) is 18.0 Å². The molecule has 1 amide bonds. The Morgan fingerprint density at radius 2 is 1.81 bits per heavy atom. The van der Waals surface area contributed by atoms with Gasteiger partial charge >= 0.3 is 5.97 Å². The minimum atomic E-state index is -3.79. The maximum absolute atomic E-state index is 12.8.